The molecule has 0 saturated heterocycles. The van der Waals surface area contributed by atoms with Crippen molar-refractivity contribution in [1.29, 1.82) is 0 Å². The van der Waals surface area contributed by atoms with E-state index in [2.05, 4.69) is 42.0 Å². The normalized spacial score (nSPS) is 11.4. The monoisotopic (exact) mass is 264 g/mol. The van der Waals surface area contributed by atoms with Crippen LogP contribution in [0.25, 0.3) is 10.2 Å². The maximum Gasteiger partial charge on any atom is 0.0907 e. The first-order chi connectivity index (χ1) is 8.47. The van der Waals surface area contributed by atoms with Gasteiger partial charge >= 0.3 is 0 Å². The zero-order valence-corrected chi connectivity index (χ0v) is 12.2. The number of anilines is 2. The Morgan fingerprint density at radius 3 is 2.61 bits per heavy atom. The average Bonchev–Trinajstić information content (AvgIpc) is 2.64. The second-order valence-corrected chi connectivity index (χ2v) is 6.07. The number of nitrogens with two attached hydrogens (primary N) is 1. The Hall–Kier alpha value is -1.33. The minimum atomic E-state index is 0.826. The Labute approximate surface area is 112 Å². The number of thiazole rings is 1. The van der Waals surface area contributed by atoms with Gasteiger partial charge < -0.3 is 15.5 Å². The van der Waals surface area contributed by atoms with Crippen molar-refractivity contribution in [2.24, 2.45) is 0 Å². The van der Waals surface area contributed by atoms with Crippen molar-refractivity contribution < 1.29 is 0 Å². The van der Waals surface area contributed by atoms with Crippen LogP contribution in [0.2, 0.25) is 0 Å². The van der Waals surface area contributed by atoms with Crippen molar-refractivity contribution in [3.63, 3.8) is 0 Å². The van der Waals surface area contributed by atoms with E-state index < -0.39 is 0 Å². The summed E-state index contributed by atoms with van der Waals surface area (Å²) in [5, 5.41) is 1.08. The van der Waals surface area contributed by atoms with Crippen LogP contribution in [-0.2, 0) is 0 Å². The number of rotatable bonds is 4. The number of hydrogen-bond acceptors (Lipinski definition) is 5. The Morgan fingerprint density at radius 2 is 1.94 bits per heavy atom. The molecule has 0 saturated carbocycles. The lowest BCUT2D eigenvalue weighted by atomic mass is 10.2. The fourth-order valence-corrected chi connectivity index (χ4v) is 2.75. The second-order valence-electron chi connectivity index (χ2n) is 4.84. The van der Waals surface area contributed by atoms with Crippen LogP contribution in [0.1, 0.15) is 5.01 Å². The molecule has 2 rings (SSSR count). The fraction of sp³-hybridized carbons (Fsp3) is 0.462. The summed E-state index contributed by atoms with van der Waals surface area (Å²) in [5.41, 5.74) is 9.06. The van der Waals surface area contributed by atoms with Crippen LogP contribution in [0.15, 0.2) is 12.1 Å². The molecule has 0 bridgehead atoms. The first-order valence-electron chi connectivity index (χ1n) is 6.00. The van der Waals surface area contributed by atoms with Gasteiger partial charge in [0.1, 0.15) is 0 Å². The number of nitrogens with zero attached hydrogens (tertiary/aromatic N) is 3. The van der Waals surface area contributed by atoms with Gasteiger partial charge in [-0.2, -0.15) is 0 Å². The number of hydrogen-bond donors (Lipinski definition) is 1. The van der Waals surface area contributed by atoms with Crippen LogP contribution < -0.4 is 10.6 Å². The van der Waals surface area contributed by atoms with Crippen LogP contribution in [-0.4, -0.2) is 44.1 Å². The van der Waals surface area contributed by atoms with Gasteiger partial charge in [0.2, 0.25) is 0 Å². The van der Waals surface area contributed by atoms with Crippen molar-refractivity contribution in [1.82, 2.24) is 9.88 Å². The minimum Gasteiger partial charge on any atom is -0.397 e. The molecule has 0 aliphatic rings. The molecule has 0 spiro atoms. The third-order valence-electron chi connectivity index (χ3n) is 2.94. The third-order valence-corrected chi connectivity index (χ3v) is 3.87. The molecular formula is C13H20N4S. The van der Waals surface area contributed by atoms with Gasteiger partial charge in [-0.1, -0.05) is 0 Å². The van der Waals surface area contributed by atoms with Crippen LogP contribution in [0.5, 0.6) is 0 Å². The minimum absolute atomic E-state index is 0.826. The predicted octanol–water partition coefficient (Wildman–Crippen LogP) is 2.18. The zero-order valence-electron chi connectivity index (χ0n) is 11.4. The van der Waals surface area contributed by atoms with Crippen LogP contribution in [0.3, 0.4) is 0 Å². The summed E-state index contributed by atoms with van der Waals surface area (Å²) >= 11 is 1.69. The standard InChI is InChI=1S/C13H20N4S/c1-9-15-11-8-12(10(14)7-13(11)18-9)17(4)6-5-16(2)3/h7-8H,5-6,14H2,1-4H3. The van der Waals surface area contributed by atoms with Gasteiger partial charge in [-0.05, 0) is 33.2 Å². The van der Waals surface area contributed by atoms with E-state index >= 15 is 0 Å². The largest absolute Gasteiger partial charge is 0.397 e. The highest BCUT2D eigenvalue weighted by Gasteiger charge is 2.10. The second kappa shape index (κ2) is 5.12. The molecule has 1 heterocycles. The number of benzene rings is 1. The van der Waals surface area contributed by atoms with Gasteiger partial charge in [0, 0.05) is 20.1 Å². The van der Waals surface area contributed by atoms with Gasteiger partial charge in [0.05, 0.1) is 26.6 Å². The van der Waals surface area contributed by atoms with Crippen molar-refractivity contribution >= 4 is 32.9 Å². The number of aromatic nitrogens is 1. The topological polar surface area (TPSA) is 45.4 Å². The lowest BCUT2D eigenvalue weighted by Crippen LogP contribution is -2.28. The molecule has 0 unspecified atom stereocenters. The molecule has 4 nitrogen and oxygen atoms in total. The summed E-state index contributed by atoms with van der Waals surface area (Å²) in [6.45, 7) is 3.98. The maximum atomic E-state index is 6.13. The van der Waals surface area contributed by atoms with Gasteiger partial charge in [0.25, 0.3) is 0 Å². The molecule has 1 aromatic carbocycles. The van der Waals surface area contributed by atoms with E-state index in [0.717, 1.165) is 39.7 Å². The van der Waals surface area contributed by atoms with Crippen molar-refractivity contribution in [2.45, 2.75) is 6.92 Å². The number of fused-ring (bicyclic) bond motifs is 1. The summed E-state index contributed by atoms with van der Waals surface area (Å²) in [4.78, 5) is 8.87. The van der Waals surface area contributed by atoms with E-state index in [1.807, 2.05) is 13.0 Å². The smallest absolute Gasteiger partial charge is 0.0907 e. The quantitative estimate of drug-likeness (QED) is 0.860. The average molecular weight is 264 g/mol. The molecule has 0 fully saturated rings. The number of aryl methyl sites for hydroxylation is 1. The van der Waals surface area contributed by atoms with Gasteiger partial charge in [0.15, 0.2) is 0 Å². The molecule has 0 amide bonds. The summed E-state index contributed by atoms with van der Waals surface area (Å²) in [7, 11) is 6.22. The lowest BCUT2D eigenvalue weighted by Gasteiger charge is -2.23. The number of likely N-dealkylation sites (N-methyl/N-ethyl adjacent to an activating group) is 2. The highest BCUT2D eigenvalue weighted by atomic mass is 32.1. The first kappa shape index (κ1) is 13.1. The van der Waals surface area contributed by atoms with E-state index in [9.17, 15) is 0 Å². The van der Waals surface area contributed by atoms with Crippen LogP contribution >= 0.6 is 11.3 Å². The van der Waals surface area contributed by atoms with Crippen molar-refractivity contribution in [3.05, 3.63) is 17.1 Å². The highest BCUT2D eigenvalue weighted by molar-refractivity contribution is 7.18. The lowest BCUT2D eigenvalue weighted by molar-refractivity contribution is 0.416. The van der Waals surface area contributed by atoms with Crippen LogP contribution in [0.4, 0.5) is 11.4 Å². The summed E-state index contributed by atoms with van der Waals surface area (Å²) in [6.07, 6.45) is 0. The number of nitrogen functional groups attached to an aromatic ring is 1. The summed E-state index contributed by atoms with van der Waals surface area (Å²) in [6, 6.07) is 4.12. The first-order valence-corrected chi connectivity index (χ1v) is 6.81. The van der Waals surface area contributed by atoms with Gasteiger partial charge in [-0.3, -0.25) is 0 Å². The molecule has 5 heteroatoms. The Kier molecular flexibility index (Phi) is 3.73. The zero-order chi connectivity index (χ0) is 13.3. The Bertz CT molecular complexity index is 547. The van der Waals surface area contributed by atoms with E-state index in [-0.39, 0.29) is 0 Å². The molecule has 0 aliphatic heterocycles. The maximum absolute atomic E-state index is 6.13. The fourth-order valence-electron chi connectivity index (χ4n) is 1.89. The van der Waals surface area contributed by atoms with E-state index in [0.29, 0.717) is 0 Å². The highest BCUT2D eigenvalue weighted by Crippen LogP contribution is 2.31. The molecular weight excluding hydrogens is 244 g/mol. The summed E-state index contributed by atoms with van der Waals surface area (Å²) in [5.74, 6) is 0. The van der Waals surface area contributed by atoms with E-state index in [1.165, 1.54) is 0 Å². The molecule has 2 N–H and O–H groups in total. The molecule has 98 valence electrons. The Morgan fingerprint density at radius 1 is 1.22 bits per heavy atom. The van der Waals surface area contributed by atoms with Gasteiger partial charge in [-0.25, -0.2) is 4.98 Å². The molecule has 0 atom stereocenters. The van der Waals surface area contributed by atoms with E-state index in [1.54, 1.807) is 11.3 Å². The molecule has 0 radical (unpaired) electrons. The SMILES string of the molecule is Cc1nc2cc(N(C)CCN(C)C)c(N)cc2s1. The molecule has 1 aromatic heterocycles. The van der Waals surface area contributed by atoms with Crippen LogP contribution in [0, 0.1) is 6.92 Å². The summed E-state index contributed by atoms with van der Waals surface area (Å²) < 4.78 is 1.16. The predicted molar refractivity (Wildman–Crippen MR) is 80.6 cm³/mol. The van der Waals surface area contributed by atoms with Crippen molar-refractivity contribution in [2.75, 3.05) is 44.9 Å². The van der Waals surface area contributed by atoms with Gasteiger partial charge in [-0.15, -0.1) is 11.3 Å². The Balaban J connectivity index is 2.28. The van der Waals surface area contributed by atoms with Crippen molar-refractivity contribution in [3.8, 4) is 0 Å². The molecule has 18 heavy (non-hydrogen) atoms. The third kappa shape index (κ3) is 2.73. The molecule has 2 aromatic rings. The molecule has 0 aliphatic carbocycles. The van der Waals surface area contributed by atoms with E-state index in [4.69, 9.17) is 5.73 Å².